The van der Waals surface area contributed by atoms with Gasteiger partial charge in [-0.2, -0.15) is 0 Å². The number of carboxylic acids is 1. The van der Waals surface area contributed by atoms with E-state index in [4.69, 9.17) is 9.84 Å². The van der Waals surface area contributed by atoms with Crippen LogP contribution >= 0.6 is 0 Å². The fourth-order valence-electron chi connectivity index (χ4n) is 1.44. The minimum Gasteiger partial charge on any atom is -0.490 e. The van der Waals surface area contributed by atoms with E-state index in [1.807, 2.05) is 0 Å². The zero-order valence-electron chi connectivity index (χ0n) is 10.8. The third-order valence-corrected chi connectivity index (χ3v) is 2.33. The van der Waals surface area contributed by atoms with Crippen molar-refractivity contribution in [2.45, 2.75) is 0 Å². The number of benzene rings is 1. The number of carbonyl (C=O) groups is 1. The maximum absolute atomic E-state index is 11.1. The van der Waals surface area contributed by atoms with Crippen LogP contribution in [0.3, 0.4) is 0 Å². The number of ether oxygens (including phenoxy) is 1. The molecule has 0 saturated carbocycles. The first-order chi connectivity index (χ1) is 8.86. The molecule has 1 aromatic rings. The molecule has 0 fully saturated rings. The van der Waals surface area contributed by atoms with E-state index in [1.165, 1.54) is 13.2 Å². The van der Waals surface area contributed by atoms with Crippen molar-refractivity contribution in [2.75, 3.05) is 21.2 Å². The Morgan fingerprint density at radius 3 is 2.53 bits per heavy atom. The molecule has 0 aliphatic carbocycles. The van der Waals surface area contributed by atoms with E-state index in [0.29, 0.717) is 5.56 Å². The van der Waals surface area contributed by atoms with E-state index in [2.05, 4.69) is 0 Å². The molecule has 0 radical (unpaired) electrons. The second kappa shape index (κ2) is 5.85. The topological polar surface area (TPSA) is 92.9 Å². The molecule has 0 aliphatic heterocycles. The van der Waals surface area contributed by atoms with Gasteiger partial charge in [0.05, 0.1) is 17.6 Å². The molecule has 102 valence electrons. The van der Waals surface area contributed by atoms with Gasteiger partial charge in [0.1, 0.15) is 0 Å². The lowest BCUT2D eigenvalue weighted by molar-refractivity contribution is -0.385. The van der Waals surface area contributed by atoms with Gasteiger partial charge in [0.2, 0.25) is 0 Å². The number of methoxy groups -OCH3 is 1. The van der Waals surface area contributed by atoms with Crippen LogP contribution in [0.25, 0.3) is 6.08 Å². The fourth-order valence-corrected chi connectivity index (χ4v) is 1.44. The lowest BCUT2D eigenvalue weighted by Crippen LogP contribution is -2.05. The third kappa shape index (κ3) is 3.44. The Balaban J connectivity index is 3.44. The molecule has 0 saturated heterocycles. The van der Waals surface area contributed by atoms with Crippen LogP contribution in [0.2, 0.25) is 0 Å². The monoisotopic (exact) mass is 266 g/mol. The van der Waals surface area contributed by atoms with E-state index in [-0.39, 0.29) is 17.0 Å². The van der Waals surface area contributed by atoms with Gasteiger partial charge in [-0.1, -0.05) is 0 Å². The number of nitro benzene ring substituents is 1. The highest BCUT2D eigenvalue weighted by Gasteiger charge is 2.21. The molecule has 0 unspecified atom stereocenters. The normalized spacial score (nSPS) is 10.5. The number of carboxylic acid groups (broad SMARTS) is 1. The Hall–Kier alpha value is -2.57. The van der Waals surface area contributed by atoms with E-state index in [0.717, 1.165) is 6.07 Å². The highest BCUT2D eigenvalue weighted by atomic mass is 16.6. The standard InChI is InChI=1S/C12H14N2O5/c1-13(2)5-4-8-6-11(19-3)10(14(17)18)7-9(8)12(15)16/h4-7H,1-3H3,(H,15,16). The van der Waals surface area contributed by atoms with Crippen molar-refractivity contribution < 1.29 is 19.6 Å². The molecule has 1 aromatic carbocycles. The average molecular weight is 266 g/mol. The molecular weight excluding hydrogens is 252 g/mol. The minimum atomic E-state index is -1.23. The molecule has 0 aromatic heterocycles. The number of nitro groups is 1. The Labute approximate surface area is 109 Å². The molecule has 1 rings (SSSR count). The Morgan fingerprint density at radius 1 is 1.47 bits per heavy atom. The van der Waals surface area contributed by atoms with Gasteiger partial charge in [-0.15, -0.1) is 0 Å². The first-order valence-corrected chi connectivity index (χ1v) is 5.31. The largest absolute Gasteiger partial charge is 0.490 e. The first-order valence-electron chi connectivity index (χ1n) is 5.31. The van der Waals surface area contributed by atoms with Gasteiger partial charge >= 0.3 is 11.7 Å². The minimum absolute atomic E-state index is 0.0217. The molecular formula is C12H14N2O5. The summed E-state index contributed by atoms with van der Waals surface area (Å²) in [5.74, 6) is -1.21. The average Bonchev–Trinajstić information content (AvgIpc) is 2.34. The SMILES string of the molecule is COc1cc(C=CN(C)C)c(C(=O)O)cc1[N+](=O)[O-]. The lowest BCUT2D eigenvalue weighted by Gasteiger charge is -2.08. The number of aromatic carboxylic acids is 1. The second-order valence-electron chi connectivity index (χ2n) is 3.95. The summed E-state index contributed by atoms with van der Waals surface area (Å²) in [6, 6.07) is 2.33. The van der Waals surface area contributed by atoms with Crippen molar-refractivity contribution >= 4 is 17.7 Å². The summed E-state index contributed by atoms with van der Waals surface area (Å²) in [4.78, 5) is 23.0. The molecule has 0 aliphatic rings. The Bertz CT molecular complexity index is 537. The Kier molecular flexibility index (Phi) is 4.46. The highest BCUT2D eigenvalue weighted by molar-refractivity contribution is 5.93. The second-order valence-corrected chi connectivity index (χ2v) is 3.95. The summed E-state index contributed by atoms with van der Waals surface area (Å²) >= 11 is 0. The van der Waals surface area contributed by atoms with Crippen molar-refractivity contribution in [3.05, 3.63) is 39.6 Å². The molecule has 0 spiro atoms. The predicted octanol–water partition coefficient (Wildman–Crippen LogP) is 1.83. The maximum atomic E-state index is 11.1. The van der Waals surface area contributed by atoms with Gasteiger partial charge in [0.25, 0.3) is 0 Å². The molecule has 7 nitrogen and oxygen atoms in total. The van der Waals surface area contributed by atoms with Gasteiger partial charge in [0, 0.05) is 20.2 Å². The van der Waals surface area contributed by atoms with Crippen LogP contribution in [0.5, 0.6) is 5.75 Å². The zero-order chi connectivity index (χ0) is 14.6. The highest BCUT2D eigenvalue weighted by Crippen LogP contribution is 2.31. The van der Waals surface area contributed by atoms with Crippen LogP contribution in [0.15, 0.2) is 18.3 Å². The van der Waals surface area contributed by atoms with E-state index >= 15 is 0 Å². The number of hydrogen-bond donors (Lipinski definition) is 1. The van der Waals surface area contributed by atoms with E-state index < -0.39 is 10.9 Å². The zero-order valence-corrected chi connectivity index (χ0v) is 10.8. The summed E-state index contributed by atoms with van der Waals surface area (Å²) in [5, 5.41) is 19.9. The number of hydrogen-bond acceptors (Lipinski definition) is 5. The smallest absolute Gasteiger partial charge is 0.336 e. The van der Waals surface area contributed by atoms with Crippen LogP contribution in [0, 0.1) is 10.1 Å². The molecule has 0 bridgehead atoms. The van der Waals surface area contributed by atoms with Gasteiger partial charge < -0.3 is 14.7 Å². The Morgan fingerprint density at radius 2 is 2.11 bits per heavy atom. The number of rotatable bonds is 5. The molecule has 7 heteroatoms. The molecule has 19 heavy (non-hydrogen) atoms. The van der Waals surface area contributed by atoms with Crippen molar-refractivity contribution in [3.63, 3.8) is 0 Å². The van der Waals surface area contributed by atoms with Gasteiger partial charge in [-0.25, -0.2) is 4.79 Å². The van der Waals surface area contributed by atoms with Gasteiger partial charge in [-0.05, 0) is 23.9 Å². The fraction of sp³-hybridized carbons (Fsp3) is 0.250. The van der Waals surface area contributed by atoms with Crippen molar-refractivity contribution in [2.24, 2.45) is 0 Å². The van der Waals surface area contributed by atoms with Crippen molar-refractivity contribution in [3.8, 4) is 5.75 Å². The van der Waals surface area contributed by atoms with Crippen LogP contribution in [0.4, 0.5) is 5.69 Å². The molecule has 1 N–H and O–H groups in total. The quantitative estimate of drug-likeness (QED) is 0.645. The summed E-state index contributed by atoms with van der Waals surface area (Å²) < 4.78 is 4.91. The summed E-state index contributed by atoms with van der Waals surface area (Å²) in [6.07, 6.45) is 3.20. The number of nitrogens with zero attached hydrogens (tertiary/aromatic N) is 2. The van der Waals surface area contributed by atoms with Crippen LogP contribution in [0.1, 0.15) is 15.9 Å². The van der Waals surface area contributed by atoms with E-state index in [9.17, 15) is 14.9 Å². The maximum Gasteiger partial charge on any atom is 0.336 e. The first kappa shape index (κ1) is 14.5. The van der Waals surface area contributed by atoms with Gasteiger partial charge in [-0.3, -0.25) is 10.1 Å². The summed E-state index contributed by atoms with van der Waals surface area (Å²) in [6.45, 7) is 0. The summed E-state index contributed by atoms with van der Waals surface area (Å²) in [5.41, 5.74) is -0.184. The van der Waals surface area contributed by atoms with E-state index in [1.54, 1.807) is 31.3 Å². The van der Waals surface area contributed by atoms with Crippen molar-refractivity contribution in [1.82, 2.24) is 4.90 Å². The van der Waals surface area contributed by atoms with Gasteiger partial charge in [0.15, 0.2) is 5.75 Å². The van der Waals surface area contributed by atoms with Crippen LogP contribution < -0.4 is 4.74 Å². The molecule has 0 amide bonds. The van der Waals surface area contributed by atoms with Crippen LogP contribution in [-0.2, 0) is 0 Å². The lowest BCUT2D eigenvalue weighted by atomic mass is 10.1. The molecule has 0 heterocycles. The predicted molar refractivity (Wildman–Crippen MR) is 69.3 cm³/mol. The van der Waals surface area contributed by atoms with Crippen molar-refractivity contribution in [1.29, 1.82) is 0 Å². The molecule has 0 atom stereocenters. The van der Waals surface area contributed by atoms with Crippen LogP contribution in [-0.4, -0.2) is 42.1 Å². The summed E-state index contributed by atoms with van der Waals surface area (Å²) in [7, 11) is 4.85. The third-order valence-electron chi connectivity index (χ3n) is 2.33.